The van der Waals surface area contributed by atoms with E-state index in [0.29, 0.717) is 0 Å². The number of nitrogens with one attached hydrogen (secondary N) is 1. The Morgan fingerprint density at radius 3 is 3.06 bits per heavy atom. The smallest absolute Gasteiger partial charge is 0.127 e. The van der Waals surface area contributed by atoms with E-state index in [4.69, 9.17) is 0 Å². The molecule has 3 nitrogen and oxygen atoms in total. The van der Waals surface area contributed by atoms with Crippen LogP contribution in [0.5, 0.6) is 0 Å². The maximum absolute atomic E-state index is 4.68. The van der Waals surface area contributed by atoms with Crippen LogP contribution in [-0.4, -0.2) is 16.3 Å². The molecule has 0 saturated carbocycles. The van der Waals surface area contributed by atoms with Gasteiger partial charge in [0.05, 0.1) is 5.69 Å². The average Bonchev–Trinajstić information content (AvgIpc) is 2.55. The monoisotopic (exact) mass is 305 g/mol. The van der Waals surface area contributed by atoms with Gasteiger partial charge in [-0.2, -0.15) is 5.10 Å². The van der Waals surface area contributed by atoms with Gasteiger partial charge < -0.3 is 5.32 Å². The van der Waals surface area contributed by atoms with Gasteiger partial charge in [0.15, 0.2) is 0 Å². The van der Waals surface area contributed by atoms with Crippen LogP contribution in [0.1, 0.15) is 18.4 Å². The molecule has 0 unspecified atom stereocenters. The van der Waals surface area contributed by atoms with Crippen LogP contribution in [0.2, 0.25) is 0 Å². The summed E-state index contributed by atoms with van der Waals surface area (Å²) >= 11 is 3.53. The predicted molar refractivity (Wildman–Crippen MR) is 77.8 cm³/mol. The Kier molecular flexibility index (Phi) is 3.12. The second-order valence-corrected chi connectivity index (χ2v) is 5.61. The molecule has 0 aliphatic carbocycles. The van der Waals surface area contributed by atoms with E-state index in [1.54, 1.807) is 0 Å². The number of fused-ring (bicyclic) bond motifs is 1. The quantitative estimate of drug-likeness (QED) is 0.872. The first-order chi connectivity index (χ1) is 8.75. The van der Waals surface area contributed by atoms with Gasteiger partial charge in [-0.25, -0.2) is 0 Å². The average molecular weight is 306 g/mol. The zero-order valence-electron chi connectivity index (χ0n) is 10.4. The first kappa shape index (κ1) is 11.8. The molecular formula is C14H16BrN3. The van der Waals surface area contributed by atoms with Gasteiger partial charge in [-0.3, -0.25) is 4.68 Å². The number of hydrogen-bond donors (Lipinski definition) is 1. The van der Waals surface area contributed by atoms with Crippen LogP contribution in [0.25, 0.3) is 11.3 Å². The number of nitrogens with zero attached hydrogens (tertiary/aromatic N) is 2. The van der Waals surface area contributed by atoms with Crippen molar-refractivity contribution in [2.45, 2.75) is 19.3 Å². The van der Waals surface area contributed by atoms with Gasteiger partial charge in [0.2, 0.25) is 0 Å². The normalized spacial score (nSPS) is 14.8. The second kappa shape index (κ2) is 4.76. The Bertz CT molecular complexity index is 574. The minimum Gasteiger partial charge on any atom is -0.370 e. The molecule has 0 amide bonds. The Hall–Kier alpha value is -1.29. The van der Waals surface area contributed by atoms with Crippen molar-refractivity contribution < 1.29 is 0 Å². The molecule has 4 heteroatoms. The Morgan fingerprint density at radius 2 is 2.22 bits per heavy atom. The molecule has 18 heavy (non-hydrogen) atoms. The summed E-state index contributed by atoms with van der Waals surface area (Å²) in [6, 6.07) is 8.36. The zero-order valence-corrected chi connectivity index (χ0v) is 12.0. The first-order valence-electron chi connectivity index (χ1n) is 6.31. The molecule has 94 valence electrons. The lowest BCUT2D eigenvalue weighted by atomic mass is 10.0. The summed E-state index contributed by atoms with van der Waals surface area (Å²) in [6.45, 7) is 1.05. The van der Waals surface area contributed by atoms with Crippen LogP contribution in [0, 0.1) is 0 Å². The lowest BCUT2D eigenvalue weighted by Gasteiger charge is -2.04. The van der Waals surface area contributed by atoms with E-state index in [0.717, 1.165) is 23.1 Å². The van der Waals surface area contributed by atoms with Crippen LogP contribution in [0.4, 0.5) is 5.82 Å². The standard InChI is InChI=1S/C14H16BrN3/c1-18-14-12(7-2-3-8-16-14)13(17-18)10-5-4-6-11(15)9-10/h4-6,9,16H,2-3,7-8H2,1H3. The van der Waals surface area contributed by atoms with Gasteiger partial charge in [0.25, 0.3) is 0 Å². The minimum atomic E-state index is 1.05. The highest BCUT2D eigenvalue weighted by molar-refractivity contribution is 9.10. The number of benzene rings is 1. The Morgan fingerprint density at radius 1 is 1.33 bits per heavy atom. The molecule has 2 aromatic rings. The van der Waals surface area contributed by atoms with Crippen LogP contribution >= 0.6 is 15.9 Å². The molecule has 3 rings (SSSR count). The molecule has 0 radical (unpaired) electrons. The largest absolute Gasteiger partial charge is 0.370 e. The lowest BCUT2D eigenvalue weighted by Crippen LogP contribution is -2.04. The third-order valence-corrected chi connectivity index (χ3v) is 3.88. The van der Waals surface area contributed by atoms with Crippen molar-refractivity contribution in [1.82, 2.24) is 9.78 Å². The van der Waals surface area contributed by atoms with E-state index >= 15 is 0 Å². The second-order valence-electron chi connectivity index (χ2n) is 4.69. The van der Waals surface area contributed by atoms with Crippen molar-refractivity contribution in [3.05, 3.63) is 34.3 Å². The molecule has 0 bridgehead atoms. The maximum Gasteiger partial charge on any atom is 0.127 e. The molecular weight excluding hydrogens is 290 g/mol. The third kappa shape index (κ3) is 2.05. The predicted octanol–water partition coefficient (Wildman–Crippen LogP) is 3.60. The lowest BCUT2D eigenvalue weighted by molar-refractivity contribution is 0.757. The number of rotatable bonds is 1. The number of halogens is 1. The molecule has 0 saturated heterocycles. The molecule has 1 aliphatic rings. The summed E-state index contributed by atoms with van der Waals surface area (Å²) in [5, 5.41) is 8.17. The topological polar surface area (TPSA) is 29.9 Å². The minimum absolute atomic E-state index is 1.05. The Labute approximate surface area is 115 Å². The van der Waals surface area contributed by atoms with Crippen molar-refractivity contribution in [3.8, 4) is 11.3 Å². The maximum atomic E-state index is 4.68. The number of aryl methyl sites for hydroxylation is 1. The van der Waals surface area contributed by atoms with Gasteiger partial charge in [0.1, 0.15) is 5.82 Å². The van der Waals surface area contributed by atoms with E-state index in [1.165, 1.54) is 29.8 Å². The van der Waals surface area contributed by atoms with E-state index in [1.807, 2.05) is 17.8 Å². The summed E-state index contributed by atoms with van der Waals surface area (Å²) in [6.07, 6.45) is 3.57. The van der Waals surface area contributed by atoms with Crippen molar-refractivity contribution >= 4 is 21.7 Å². The highest BCUT2D eigenvalue weighted by Gasteiger charge is 2.19. The highest BCUT2D eigenvalue weighted by Crippen LogP contribution is 2.32. The Balaban J connectivity index is 2.12. The zero-order chi connectivity index (χ0) is 12.5. The van der Waals surface area contributed by atoms with Crippen LogP contribution in [-0.2, 0) is 13.5 Å². The number of hydrogen-bond acceptors (Lipinski definition) is 2. The summed E-state index contributed by atoms with van der Waals surface area (Å²) < 4.78 is 3.07. The van der Waals surface area contributed by atoms with E-state index < -0.39 is 0 Å². The van der Waals surface area contributed by atoms with Crippen molar-refractivity contribution in [1.29, 1.82) is 0 Å². The third-order valence-electron chi connectivity index (χ3n) is 3.39. The molecule has 1 N–H and O–H groups in total. The van der Waals surface area contributed by atoms with Gasteiger partial charge in [-0.15, -0.1) is 0 Å². The van der Waals surface area contributed by atoms with Gasteiger partial charge in [-0.1, -0.05) is 28.1 Å². The molecule has 1 aromatic heterocycles. The van der Waals surface area contributed by atoms with Crippen molar-refractivity contribution in [2.24, 2.45) is 7.05 Å². The van der Waals surface area contributed by atoms with E-state index in [-0.39, 0.29) is 0 Å². The van der Waals surface area contributed by atoms with Crippen LogP contribution < -0.4 is 5.32 Å². The summed E-state index contributed by atoms with van der Waals surface area (Å²) in [7, 11) is 2.01. The molecule has 1 aromatic carbocycles. The molecule has 0 atom stereocenters. The van der Waals surface area contributed by atoms with E-state index in [2.05, 4.69) is 44.5 Å². The van der Waals surface area contributed by atoms with Crippen LogP contribution in [0.3, 0.4) is 0 Å². The van der Waals surface area contributed by atoms with Crippen molar-refractivity contribution in [3.63, 3.8) is 0 Å². The highest BCUT2D eigenvalue weighted by atomic mass is 79.9. The van der Waals surface area contributed by atoms with Gasteiger partial charge >= 0.3 is 0 Å². The van der Waals surface area contributed by atoms with Crippen LogP contribution in [0.15, 0.2) is 28.7 Å². The van der Waals surface area contributed by atoms with Gasteiger partial charge in [-0.05, 0) is 31.4 Å². The summed E-state index contributed by atoms with van der Waals surface area (Å²) in [4.78, 5) is 0. The van der Waals surface area contributed by atoms with E-state index in [9.17, 15) is 0 Å². The summed E-state index contributed by atoms with van der Waals surface area (Å²) in [5.74, 6) is 1.18. The fraction of sp³-hybridized carbons (Fsp3) is 0.357. The number of aromatic nitrogens is 2. The first-order valence-corrected chi connectivity index (χ1v) is 7.10. The number of anilines is 1. The fourth-order valence-corrected chi connectivity index (χ4v) is 2.93. The fourth-order valence-electron chi connectivity index (χ4n) is 2.53. The molecule has 1 aliphatic heterocycles. The van der Waals surface area contributed by atoms with Gasteiger partial charge in [0, 0.05) is 29.2 Å². The SMILES string of the molecule is Cn1nc(-c2cccc(Br)c2)c2c1NCCCC2. The van der Waals surface area contributed by atoms with Crippen molar-refractivity contribution in [2.75, 3.05) is 11.9 Å². The molecule has 2 heterocycles. The summed E-state index contributed by atoms with van der Waals surface area (Å²) in [5.41, 5.74) is 3.65. The molecule has 0 spiro atoms. The molecule has 0 fully saturated rings.